The van der Waals surface area contributed by atoms with Gasteiger partial charge in [0.05, 0.1) is 14.2 Å². The molecule has 0 saturated carbocycles. The molecule has 2 aliphatic heterocycles. The molecule has 0 N–H and O–H groups in total. The fraction of sp³-hybridized carbons (Fsp3) is 0.571. The quantitative estimate of drug-likeness (QED) is 0.823. The average molecular weight is 249 g/mol. The summed E-state index contributed by atoms with van der Waals surface area (Å²) in [5.41, 5.74) is 1.17. The van der Waals surface area contributed by atoms with Crippen molar-refractivity contribution in [1.29, 1.82) is 0 Å². The summed E-state index contributed by atoms with van der Waals surface area (Å²) in [5.74, 6) is 1.53. The molecule has 0 radical (unpaired) electrons. The van der Waals surface area contributed by atoms with Gasteiger partial charge in [-0.15, -0.1) is 0 Å². The number of fused-ring (bicyclic) bond motifs is 1. The SMILES string of the molecule is COc1ccc([C@@H]2C[C@H]3CCCN3O2)cc1OC. The third kappa shape index (κ3) is 1.95. The van der Waals surface area contributed by atoms with Gasteiger partial charge in [0.1, 0.15) is 6.10 Å². The topological polar surface area (TPSA) is 30.9 Å². The van der Waals surface area contributed by atoms with E-state index in [2.05, 4.69) is 11.1 Å². The summed E-state index contributed by atoms with van der Waals surface area (Å²) in [7, 11) is 3.31. The second-order valence-corrected chi connectivity index (χ2v) is 4.88. The lowest BCUT2D eigenvalue weighted by molar-refractivity contribution is -0.149. The van der Waals surface area contributed by atoms with Crippen molar-refractivity contribution in [1.82, 2.24) is 5.06 Å². The fourth-order valence-electron chi connectivity index (χ4n) is 2.89. The van der Waals surface area contributed by atoms with Gasteiger partial charge in [0, 0.05) is 12.6 Å². The van der Waals surface area contributed by atoms with Crippen molar-refractivity contribution in [2.24, 2.45) is 0 Å². The molecule has 0 aliphatic carbocycles. The van der Waals surface area contributed by atoms with Crippen molar-refractivity contribution in [3.05, 3.63) is 23.8 Å². The fourth-order valence-corrected chi connectivity index (χ4v) is 2.89. The number of nitrogens with zero attached hydrogens (tertiary/aromatic N) is 1. The molecule has 2 fully saturated rings. The summed E-state index contributed by atoms with van der Waals surface area (Å²) in [6, 6.07) is 6.63. The molecule has 4 nitrogen and oxygen atoms in total. The zero-order valence-corrected chi connectivity index (χ0v) is 10.9. The first kappa shape index (κ1) is 11.8. The van der Waals surface area contributed by atoms with Crippen LogP contribution in [-0.2, 0) is 4.84 Å². The molecule has 1 aromatic carbocycles. The van der Waals surface area contributed by atoms with E-state index < -0.39 is 0 Å². The first-order valence-electron chi connectivity index (χ1n) is 6.47. The van der Waals surface area contributed by atoms with E-state index in [0.717, 1.165) is 24.5 Å². The van der Waals surface area contributed by atoms with Crippen molar-refractivity contribution in [2.75, 3.05) is 20.8 Å². The Morgan fingerprint density at radius 2 is 2.06 bits per heavy atom. The van der Waals surface area contributed by atoms with Gasteiger partial charge in [-0.05, 0) is 37.0 Å². The summed E-state index contributed by atoms with van der Waals surface area (Å²) >= 11 is 0. The average Bonchev–Trinajstić information content (AvgIpc) is 2.98. The van der Waals surface area contributed by atoms with Gasteiger partial charge in [-0.3, -0.25) is 4.84 Å². The highest BCUT2D eigenvalue weighted by Crippen LogP contribution is 2.40. The highest BCUT2D eigenvalue weighted by atomic mass is 16.7. The molecule has 0 unspecified atom stereocenters. The highest BCUT2D eigenvalue weighted by molar-refractivity contribution is 5.43. The normalized spacial score (nSPS) is 27.2. The van der Waals surface area contributed by atoms with Gasteiger partial charge >= 0.3 is 0 Å². The van der Waals surface area contributed by atoms with Crippen molar-refractivity contribution >= 4 is 0 Å². The Balaban J connectivity index is 1.80. The zero-order valence-electron chi connectivity index (χ0n) is 10.9. The third-order valence-corrected chi connectivity index (χ3v) is 3.85. The van der Waals surface area contributed by atoms with Gasteiger partial charge in [-0.25, -0.2) is 0 Å². The van der Waals surface area contributed by atoms with E-state index in [1.807, 2.05) is 12.1 Å². The van der Waals surface area contributed by atoms with Gasteiger partial charge in [-0.2, -0.15) is 5.06 Å². The van der Waals surface area contributed by atoms with Crippen molar-refractivity contribution in [3.8, 4) is 11.5 Å². The van der Waals surface area contributed by atoms with Crippen molar-refractivity contribution in [3.63, 3.8) is 0 Å². The minimum Gasteiger partial charge on any atom is -0.493 e. The van der Waals surface area contributed by atoms with Crippen LogP contribution in [0.25, 0.3) is 0 Å². The lowest BCUT2D eigenvalue weighted by atomic mass is 10.0. The van der Waals surface area contributed by atoms with Crippen LogP contribution < -0.4 is 9.47 Å². The molecule has 98 valence electrons. The number of ether oxygens (including phenoxy) is 2. The summed E-state index contributed by atoms with van der Waals surface area (Å²) in [5, 5.41) is 2.14. The van der Waals surface area contributed by atoms with Gasteiger partial charge in [0.15, 0.2) is 11.5 Å². The Morgan fingerprint density at radius 3 is 2.78 bits per heavy atom. The number of hydroxylamine groups is 2. The molecular formula is C14H19NO3. The predicted molar refractivity (Wildman–Crippen MR) is 67.7 cm³/mol. The van der Waals surface area contributed by atoms with E-state index in [-0.39, 0.29) is 6.10 Å². The molecular weight excluding hydrogens is 230 g/mol. The molecule has 2 aliphatic rings. The van der Waals surface area contributed by atoms with Gasteiger partial charge in [0.2, 0.25) is 0 Å². The zero-order chi connectivity index (χ0) is 12.5. The first-order valence-corrected chi connectivity index (χ1v) is 6.47. The van der Waals surface area contributed by atoms with Crippen LogP contribution in [0.15, 0.2) is 18.2 Å². The van der Waals surface area contributed by atoms with Crippen LogP contribution in [0.1, 0.15) is 30.9 Å². The van der Waals surface area contributed by atoms with Gasteiger partial charge < -0.3 is 9.47 Å². The minimum atomic E-state index is 0.162. The van der Waals surface area contributed by atoms with Crippen LogP contribution in [0.4, 0.5) is 0 Å². The Bertz CT molecular complexity index is 423. The Kier molecular flexibility index (Phi) is 3.14. The van der Waals surface area contributed by atoms with Crippen LogP contribution in [0.5, 0.6) is 11.5 Å². The Labute approximate surface area is 107 Å². The van der Waals surface area contributed by atoms with E-state index in [9.17, 15) is 0 Å². The lowest BCUT2D eigenvalue weighted by Crippen LogP contribution is -2.20. The van der Waals surface area contributed by atoms with Crippen LogP contribution >= 0.6 is 0 Å². The Hall–Kier alpha value is -1.26. The molecule has 3 rings (SSSR count). The summed E-state index contributed by atoms with van der Waals surface area (Å²) < 4.78 is 10.6. The van der Waals surface area contributed by atoms with Crippen molar-refractivity contribution in [2.45, 2.75) is 31.4 Å². The van der Waals surface area contributed by atoms with E-state index >= 15 is 0 Å². The van der Waals surface area contributed by atoms with Crippen LogP contribution in [0.2, 0.25) is 0 Å². The molecule has 2 atom stereocenters. The summed E-state index contributed by atoms with van der Waals surface area (Å²) in [6.45, 7) is 1.06. The highest BCUT2D eigenvalue weighted by Gasteiger charge is 2.37. The van der Waals surface area contributed by atoms with Gasteiger partial charge in [-0.1, -0.05) is 6.07 Å². The maximum absolute atomic E-state index is 5.98. The number of hydrogen-bond acceptors (Lipinski definition) is 4. The molecule has 2 saturated heterocycles. The second kappa shape index (κ2) is 4.78. The monoisotopic (exact) mass is 249 g/mol. The van der Waals surface area contributed by atoms with E-state index in [1.165, 1.54) is 18.4 Å². The minimum absolute atomic E-state index is 0.162. The first-order chi connectivity index (χ1) is 8.81. The van der Waals surface area contributed by atoms with Crippen molar-refractivity contribution < 1.29 is 14.3 Å². The standard InChI is InChI=1S/C14H19NO3/c1-16-12-6-5-10(8-14(12)17-2)13-9-11-4-3-7-15(11)18-13/h5-6,8,11,13H,3-4,7,9H2,1-2H3/t11-,13+/m1/s1. The van der Waals surface area contributed by atoms with E-state index in [0.29, 0.717) is 6.04 Å². The van der Waals surface area contributed by atoms with E-state index in [1.54, 1.807) is 14.2 Å². The lowest BCUT2D eigenvalue weighted by Gasteiger charge is -2.15. The number of hydrogen-bond donors (Lipinski definition) is 0. The number of benzene rings is 1. The maximum Gasteiger partial charge on any atom is 0.161 e. The molecule has 0 bridgehead atoms. The third-order valence-electron chi connectivity index (χ3n) is 3.85. The summed E-state index contributed by atoms with van der Waals surface area (Å²) in [4.78, 5) is 5.98. The van der Waals surface area contributed by atoms with Crippen LogP contribution in [-0.4, -0.2) is 31.9 Å². The molecule has 2 heterocycles. The molecule has 1 aromatic rings. The molecule has 4 heteroatoms. The molecule has 18 heavy (non-hydrogen) atoms. The second-order valence-electron chi connectivity index (χ2n) is 4.88. The molecule has 0 aromatic heterocycles. The van der Waals surface area contributed by atoms with E-state index in [4.69, 9.17) is 14.3 Å². The van der Waals surface area contributed by atoms with Crippen LogP contribution in [0, 0.1) is 0 Å². The van der Waals surface area contributed by atoms with Gasteiger partial charge in [0.25, 0.3) is 0 Å². The smallest absolute Gasteiger partial charge is 0.161 e. The Morgan fingerprint density at radius 1 is 1.22 bits per heavy atom. The largest absolute Gasteiger partial charge is 0.493 e. The number of methoxy groups -OCH3 is 2. The molecule has 0 amide bonds. The summed E-state index contributed by atoms with van der Waals surface area (Å²) in [6.07, 6.45) is 3.75. The predicted octanol–water partition coefficient (Wildman–Crippen LogP) is 2.54. The molecule has 0 spiro atoms. The maximum atomic E-state index is 5.98. The number of rotatable bonds is 3. The van der Waals surface area contributed by atoms with Crippen LogP contribution in [0.3, 0.4) is 0 Å².